The fourth-order valence-electron chi connectivity index (χ4n) is 3.74. The van der Waals surface area contributed by atoms with Gasteiger partial charge in [0, 0.05) is 44.0 Å². The number of nitrogens with one attached hydrogen (secondary N) is 1. The van der Waals surface area contributed by atoms with E-state index in [1.165, 1.54) is 12.8 Å². The summed E-state index contributed by atoms with van der Waals surface area (Å²) in [5.74, 6) is 0.843. The van der Waals surface area contributed by atoms with E-state index in [0.29, 0.717) is 31.0 Å². The van der Waals surface area contributed by atoms with Crippen LogP contribution in [-0.4, -0.2) is 64.4 Å². The monoisotopic (exact) mass is 303 g/mol. The number of rotatable bonds is 5. The van der Waals surface area contributed by atoms with Crippen LogP contribution in [0.4, 0.5) is 5.95 Å². The summed E-state index contributed by atoms with van der Waals surface area (Å²) in [6.07, 6.45) is 8.66. The normalized spacial score (nSPS) is 25.6. The molecule has 0 spiro atoms. The minimum Gasteiger partial charge on any atom is -0.354 e. The first-order chi connectivity index (χ1) is 10.8. The van der Waals surface area contributed by atoms with Gasteiger partial charge in [0.2, 0.25) is 11.9 Å². The molecule has 120 valence electrons. The van der Waals surface area contributed by atoms with Crippen molar-refractivity contribution in [1.82, 2.24) is 19.8 Å². The third-order valence-corrected chi connectivity index (χ3v) is 4.83. The second kappa shape index (κ2) is 7.05. The molecular weight excluding hydrogens is 278 g/mol. The van der Waals surface area contributed by atoms with E-state index in [9.17, 15) is 4.79 Å². The van der Waals surface area contributed by atoms with Crippen LogP contribution in [0.15, 0.2) is 18.5 Å². The Balaban J connectivity index is 1.50. The highest BCUT2D eigenvalue weighted by Gasteiger charge is 2.37. The summed E-state index contributed by atoms with van der Waals surface area (Å²) in [4.78, 5) is 25.3. The van der Waals surface area contributed by atoms with Crippen molar-refractivity contribution in [2.24, 2.45) is 0 Å². The average Bonchev–Trinajstić information content (AvgIpc) is 3.16. The predicted molar refractivity (Wildman–Crippen MR) is 85.5 cm³/mol. The molecule has 1 aromatic rings. The zero-order valence-corrected chi connectivity index (χ0v) is 13.2. The van der Waals surface area contributed by atoms with E-state index in [4.69, 9.17) is 0 Å². The van der Waals surface area contributed by atoms with Crippen molar-refractivity contribution in [2.75, 3.05) is 32.0 Å². The molecule has 3 heterocycles. The van der Waals surface area contributed by atoms with E-state index in [-0.39, 0.29) is 5.91 Å². The van der Waals surface area contributed by atoms with Crippen LogP contribution in [0.1, 0.15) is 32.1 Å². The Bertz CT molecular complexity index is 495. The number of nitrogens with zero attached hydrogens (tertiary/aromatic N) is 4. The molecule has 22 heavy (non-hydrogen) atoms. The lowest BCUT2D eigenvalue weighted by Gasteiger charge is -2.33. The quantitative estimate of drug-likeness (QED) is 0.890. The molecule has 2 aliphatic rings. The first-order valence-electron chi connectivity index (χ1n) is 8.26. The van der Waals surface area contributed by atoms with Crippen molar-refractivity contribution in [3.05, 3.63) is 18.5 Å². The number of hydrogen-bond acceptors (Lipinski definition) is 5. The zero-order valence-electron chi connectivity index (χ0n) is 13.2. The lowest BCUT2D eigenvalue weighted by molar-refractivity contribution is -0.132. The number of likely N-dealkylation sites (N-methyl/N-ethyl adjacent to an activating group) is 1. The predicted octanol–water partition coefficient (Wildman–Crippen LogP) is 1.36. The number of aromatic nitrogens is 2. The Labute approximate surface area is 131 Å². The van der Waals surface area contributed by atoms with Crippen LogP contribution in [-0.2, 0) is 4.79 Å². The molecule has 2 unspecified atom stereocenters. The van der Waals surface area contributed by atoms with E-state index in [1.807, 2.05) is 0 Å². The van der Waals surface area contributed by atoms with Crippen molar-refractivity contribution >= 4 is 11.9 Å². The number of likely N-dealkylation sites (tertiary alicyclic amines) is 2. The molecule has 2 saturated heterocycles. The molecule has 0 aromatic carbocycles. The summed E-state index contributed by atoms with van der Waals surface area (Å²) < 4.78 is 0. The van der Waals surface area contributed by atoms with Gasteiger partial charge in [0.1, 0.15) is 0 Å². The average molecular weight is 303 g/mol. The molecule has 1 N–H and O–H groups in total. The van der Waals surface area contributed by atoms with E-state index in [1.54, 1.807) is 18.5 Å². The molecule has 0 aliphatic carbocycles. The van der Waals surface area contributed by atoms with Gasteiger partial charge in [-0.1, -0.05) is 0 Å². The molecule has 2 aliphatic heterocycles. The Morgan fingerprint density at radius 2 is 1.95 bits per heavy atom. The minimum absolute atomic E-state index is 0.256. The lowest BCUT2D eigenvalue weighted by atomic mass is 10.0. The maximum atomic E-state index is 12.5. The van der Waals surface area contributed by atoms with Gasteiger partial charge in [0.05, 0.1) is 0 Å². The van der Waals surface area contributed by atoms with E-state index in [0.717, 1.165) is 25.9 Å². The summed E-state index contributed by atoms with van der Waals surface area (Å²) in [6.45, 7) is 2.67. The standard InChI is InChI=1S/C16H25N5O/c1-20-11-2-5-13(20)14-6-3-12-21(14)15(22)7-10-19-16-17-8-4-9-18-16/h4,8-9,13-14H,2-3,5-7,10-12H2,1H3,(H,17,18,19). The van der Waals surface area contributed by atoms with Crippen molar-refractivity contribution < 1.29 is 4.79 Å². The summed E-state index contributed by atoms with van der Waals surface area (Å²) >= 11 is 0. The van der Waals surface area contributed by atoms with E-state index < -0.39 is 0 Å². The van der Waals surface area contributed by atoms with Crippen LogP contribution in [0.2, 0.25) is 0 Å². The summed E-state index contributed by atoms with van der Waals surface area (Å²) in [7, 11) is 2.19. The van der Waals surface area contributed by atoms with Crippen LogP contribution in [0.3, 0.4) is 0 Å². The molecule has 6 heteroatoms. The fourth-order valence-corrected chi connectivity index (χ4v) is 3.74. The minimum atomic E-state index is 0.256. The molecule has 6 nitrogen and oxygen atoms in total. The van der Waals surface area contributed by atoms with Gasteiger partial charge in [-0.15, -0.1) is 0 Å². The van der Waals surface area contributed by atoms with Crippen molar-refractivity contribution in [1.29, 1.82) is 0 Å². The zero-order chi connectivity index (χ0) is 15.4. The first-order valence-corrected chi connectivity index (χ1v) is 8.26. The topological polar surface area (TPSA) is 61.4 Å². The summed E-state index contributed by atoms with van der Waals surface area (Å²) in [5, 5.41) is 3.11. The molecule has 0 radical (unpaired) electrons. The highest BCUT2D eigenvalue weighted by atomic mass is 16.2. The van der Waals surface area contributed by atoms with Crippen LogP contribution in [0, 0.1) is 0 Å². The van der Waals surface area contributed by atoms with E-state index in [2.05, 4.69) is 32.1 Å². The summed E-state index contributed by atoms with van der Waals surface area (Å²) in [6, 6.07) is 2.74. The first kappa shape index (κ1) is 15.2. The van der Waals surface area contributed by atoms with Gasteiger partial charge < -0.3 is 15.1 Å². The number of hydrogen-bond donors (Lipinski definition) is 1. The Morgan fingerprint density at radius 1 is 1.23 bits per heavy atom. The number of amides is 1. The molecule has 3 rings (SSSR count). The van der Waals surface area contributed by atoms with Crippen LogP contribution >= 0.6 is 0 Å². The Kier molecular flexibility index (Phi) is 4.87. The van der Waals surface area contributed by atoms with Crippen molar-refractivity contribution in [3.8, 4) is 0 Å². The Hall–Kier alpha value is -1.69. The van der Waals surface area contributed by atoms with Crippen LogP contribution < -0.4 is 5.32 Å². The molecular formula is C16H25N5O. The second-order valence-corrected chi connectivity index (χ2v) is 6.24. The molecule has 1 amide bonds. The third kappa shape index (κ3) is 3.38. The fraction of sp³-hybridized carbons (Fsp3) is 0.688. The summed E-state index contributed by atoms with van der Waals surface area (Å²) in [5.41, 5.74) is 0. The van der Waals surface area contributed by atoms with E-state index >= 15 is 0 Å². The largest absolute Gasteiger partial charge is 0.354 e. The molecule has 2 fully saturated rings. The lowest BCUT2D eigenvalue weighted by Crippen LogP contribution is -2.47. The van der Waals surface area contributed by atoms with Crippen LogP contribution in [0.25, 0.3) is 0 Å². The third-order valence-electron chi connectivity index (χ3n) is 4.83. The number of carbonyl (C=O) groups is 1. The van der Waals surface area contributed by atoms with Gasteiger partial charge in [-0.05, 0) is 45.3 Å². The van der Waals surface area contributed by atoms with Gasteiger partial charge in [0.15, 0.2) is 0 Å². The van der Waals surface area contributed by atoms with Crippen LogP contribution in [0.5, 0.6) is 0 Å². The second-order valence-electron chi connectivity index (χ2n) is 6.24. The molecule has 1 aromatic heterocycles. The highest BCUT2D eigenvalue weighted by Crippen LogP contribution is 2.29. The van der Waals surface area contributed by atoms with Gasteiger partial charge in [0.25, 0.3) is 0 Å². The van der Waals surface area contributed by atoms with Gasteiger partial charge >= 0.3 is 0 Å². The number of carbonyl (C=O) groups excluding carboxylic acids is 1. The van der Waals surface area contributed by atoms with Gasteiger partial charge in [-0.3, -0.25) is 4.79 Å². The number of anilines is 1. The maximum absolute atomic E-state index is 12.5. The molecule has 0 bridgehead atoms. The van der Waals surface area contributed by atoms with Crippen molar-refractivity contribution in [3.63, 3.8) is 0 Å². The van der Waals surface area contributed by atoms with Crippen molar-refractivity contribution in [2.45, 2.75) is 44.2 Å². The maximum Gasteiger partial charge on any atom is 0.224 e. The Morgan fingerprint density at radius 3 is 2.68 bits per heavy atom. The highest BCUT2D eigenvalue weighted by molar-refractivity contribution is 5.77. The molecule has 2 atom stereocenters. The van der Waals surface area contributed by atoms with Gasteiger partial charge in [-0.25, -0.2) is 9.97 Å². The smallest absolute Gasteiger partial charge is 0.224 e. The molecule has 0 saturated carbocycles. The SMILES string of the molecule is CN1CCCC1C1CCCN1C(=O)CCNc1ncccn1. The van der Waals surface area contributed by atoms with Gasteiger partial charge in [-0.2, -0.15) is 0 Å².